The van der Waals surface area contributed by atoms with Crippen LogP contribution in [0.25, 0.3) is 0 Å². The Morgan fingerprint density at radius 2 is 1.93 bits per heavy atom. The fraction of sp³-hybridized carbons (Fsp3) is 1.00. The van der Waals surface area contributed by atoms with Gasteiger partial charge in [0.05, 0.1) is 4.87 Å². The largest absolute Gasteiger partial charge is 0.303 e. The number of hydrogen-bond acceptors (Lipinski definition) is 2. The molecule has 0 bridgehead atoms. The lowest BCUT2D eigenvalue weighted by Gasteiger charge is -2.40. The third kappa shape index (κ3) is 2.91. The molecule has 2 heteroatoms. The van der Waals surface area contributed by atoms with Crippen molar-refractivity contribution in [1.29, 1.82) is 0 Å². The van der Waals surface area contributed by atoms with E-state index < -0.39 is 0 Å². The first-order valence-electron chi connectivity index (χ1n) is 6.40. The van der Waals surface area contributed by atoms with Gasteiger partial charge in [0.1, 0.15) is 0 Å². The number of nitrogens with one attached hydrogen (secondary N) is 1. The predicted molar refractivity (Wildman–Crippen MR) is 69.2 cm³/mol. The molecule has 0 amide bonds. The molecule has 0 radical (unpaired) electrons. The van der Waals surface area contributed by atoms with Crippen molar-refractivity contribution in [3.8, 4) is 0 Å². The number of thioether (sulfide) groups is 1. The van der Waals surface area contributed by atoms with Gasteiger partial charge in [0.25, 0.3) is 0 Å². The molecule has 1 spiro atoms. The maximum absolute atomic E-state index is 3.82. The molecular weight excluding hydrogens is 202 g/mol. The van der Waals surface area contributed by atoms with Crippen LogP contribution in [0.1, 0.15) is 52.9 Å². The topological polar surface area (TPSA) is 12.0 Å². The molecule has 2 rings (SSSR count). The molecule has 2 unspecified atom stereocenters. The van der Waals surface area contributed by atoms with Crippen LogP contribution in [0.3, 0.4) is 0 Å². The van der Waals surface area contributed by atoms with E-state index in [1.54, 1.807) is 0 Å². The van der Waals surface area contributed by atoms with E-state index in [-0.39, 0.29) is 0 Å². The van der Waals surface area contributed by atoms with Crippen molar-refractivity contribution in [1.82, 2.24) is 5.32 Å². The first kappa shape index (κ1) is 11.8. The third-order valence-electron chi connectivity index (χ3n) is 4.06. The summed E-state index contributed by atoms with van der Waals surface area (Å²) in [7, 11) is 0. The van der Waals surface area contributed by atoms with E-state index in [1.165, 1.54) is 44.4 Å². The van der Waals surface area contributed by atoms with Crippen molar-refractivity contribution in [2.24, 2.45) is 11.3 Å². The summed E-state index contributed by atoms with van der Waals surface area (Å²) in [5.74, 6) is 2.21. The summed E-state index contributed by atoms with van der Waals surface area (Å²) in [5.41, 5.74) is 0.578. The summed E-state index contributed by atoms with van der Waals surface area (Å²) >= 11 is 2.20. The summed E-state index contributed by atoms with van der Waals surface area (Å²) in [6.45, 7) is 8.45. The van der Waals surface area contributed by atoms with Crippen LogP contribution in [0, 0.1) is 11.3 Å². The Bertz CT molecular complexity index is 217. The van der Waals surface area contributed by atoms with Crippen molar-refractivity contribution >= 4 is 11.8 Å². The van der Waals surface area contributed by atoms with Crippen LogP contribution in [0.2, 0.25) is 0 Å². The number of hydrogen-bond donors (Lipinski definition) is 1. The van der Waals surface area contributed by atoms with E-state index in [1.807, 2.05) is 0 Å². The normalized spacial score (nSPS) is 41.4. The zero-order valence-corrected chi connectivity index (χ0v) is 11.3. The van der Waals surface area contributed by atoms with Gasteiger partial charge in [-0.3, -0.25) is 0 Å². The fourth-order valence-corrected chi connectivity index (χ4v) is 4.18. The molecule has 88 valence electrons. The molecule has 1 saturated heterocycles. The van der Waals surface area contributed by atoms with E-state index in [0.29, 0.717) is 10.3 Å². The monoisotopic (exact) mass is 227 g/mol. The van der Waals surface area contributed by atoms with E-state index in [4.69, 9.17) is 0 Å². The van der Waals surface area contributed by atoms with Gasteiger partial charge >= 0.3 is 0 Å². The van der Waals surface area contributed by atoms with Gasteiger partial charge in [0, 0.05) is 0 Å². The smallest absolute Gasteiger partial charge is 0.0645 e. The Hall–Kier alpha value is 0.310. The standard InChI is InChI=1S/C13H25NS/c1-11-9-14-13(15-10-11)6-4-5-12(2,3)7-8-13/h11,14H,4-10H2,1-3H3. The zero-order chi connectivity index (χ0) is 10.9. The van der Waals surface area contributed by atoms with Crippen LogP contribution in [-0.2, 0) is 0 Å². The lowest BCUT2D eigenvalue weighted by Crippen LogP contribution is -2.48. The number of rotatable bonds is 0. The van der Waals surface area contributed by atoms with Crippen LogP contribution in [0.4, 0.5) is 0 Å². The molecule has 1 aliphatic carbocycles. The minimum atomic E-state index is 0.445. The first-order chi connectivity index (χ1) is 7.02. The molecule has 2 atom stereocenters. The third-order valence-corrected chi connectivity index (χ3v) is 5.90. The zero-order valence-electron chi connectivity index (χ0n) is 10.4. The van der Waals surface area contributed by atoms with E-state index in [0.717, 1.165) is 5.92 Å². The van der Waals surface area contributed by atoms with Gasteiger partial charge in [-0.25, -0.2) is 0 Å². The van der Waals surface area contributed by atoms with Crippen molar-refractivity contribution in [3.63, 3.8) is 0 Å². The highest BCUT2D eigenvalue weighted by molar-refractivity contribution is 8.00. The Labute approximate surface area is 98.8 Å². The lowest BCUT2D eigenvalue weighted by molar-refractivity contribution is 0.302. The molecule has 0 aromatic rings. The molecule has 2 aliphatic rings. The molecular formula is C13H25NS. The maximum atomic E-state index is 3.82. The van der Waals surface area contributed by atoms with Gasteiger partial charge in [-0.05, 0) is 49.3 Å². The van der Waals surface area contributed by atoms with Crippen molar-refractivity contribution < 1.29 is 0 Å². The first-order valence-corrected chi connectivity index (χ1v) is 7.39. The van der Waals surface area contributed by atoms with Gasteiger partial charge in [-0.2, -0.15) is 0 Å². The van der Waals surface area contributed by atoms with Crippen LogP contribution >= 0.6 is 11.8 Å². The van der Waals surface area contributed by atoms with E-state index in [9.17, 15) is 0 Å². The van der Waals surface area contributed by atoms with E-state index in [2.05, 4.69) is 37.8 Å². The summed E-state index contributed by atoms with van der Waals surface area (Å²) in [6, 6.07) is 0. The van der Waals surface area contributed by atoms with Gasteiger partial charge in [0.2, 0.25) is 0 Å². The SMILES string of the molecule is CC1CNC2(CCCC(C)(C)CC2)SC1. The van der Waals surface area contributed by atoms with Gasteiger partial charge < -0.3 is 5.32 Å². The molecule has 15 heavy (non-hydrogen) atoms. The average molecular weight is 227 g/mol. The van der Waals surface area contributed by atoms with Crippen LogP contribution < -0.4 is 5.32 Å². The van der Waals surface area contributed by atoms with E-state index >= 15 is 0 Å². The van der Waals surface area contributed by atoms with Crippen molar-refractivity contribution in [2.45, 2.75) is 57.7 Å². The highest BCUT2D eigenvalue weighted by Crippen LogP contribution is 2.44. The second-order valence-electron chi connectivity index (χ2n) is 6.31. The van der Waals surface area contributed by atoms with Gasteiger partial charge in [-0.1, -0.05) is 27.2 Å². The average Bonchev–Trinajstić information content (AvgIpc) is 2.32. The molecule has 0 aromatic heterocycles. The van der Waals surface area contributed by atoms with Gasteiger partial charge in [0.15, 0.2) is 0 Å². The summed E-state index contributed by atoms with van der Waals surface area (Å²) in [6.07, 6.45) is 6.96. The maximum Gasteiger partial charge on any atom is 0.0645 e. The molecule has 1 heterocycles. The minimum Gasteiger partial charge on any atom is -0.303 e. The molecule has 1 aliphatic heterocycles. The highest BCUT2D eigenvalue weighted by atomic mass is 32.2. The second kappa shape index (κ2) is 4.29. The fourth-order valence-electron chi connectivity index (χ4n) is 2.74. The van der Waals surface area contributed by atoms with Crippen LogP contribution in [0.15, 0.2) is 0 Å². The summed E-state index contributed by atoms with van der Waals surface area (Å²) in [4.78, 5) is 0.445. The Morgan fingerprint density at radius 3 is 2.60 bits per heavy atom. The molecule has 1 saturated carbocycles. The molecule has 1 N–H and O–H groups in total. The Balaban J connectivity index is 1.98. The van der Waals surface area contributed by atoms with Crippen molar-refractivity contribution in [2.75, 3.05) is 12.3 Å². The Kier molecular flexibility index (Phi) is 3.37. The second-order valence-corrected chi connectivity index (χ2v) is 7.71. The quantitative estimate of drug-likeness (QED) is 0.678. The minimum absolute atomic E-state index is 0.445. The van der Waals surface area contributed by atoms with Gasteiger partial charge in [-0.15, -0.1) is 11.8 Å². The molecule has 1 nitrogen and oxygen atoms in total. The van der Waals surface area contributed by atoms with Crippen LogP contribution in [0.5, 0.6) is 0 Å². The Morgan fingerprint density at radius 1 is 1.13 bits per heavy atom. The summed E-state index contributed by atoms with van der Waals surface area (Å²) < 4.78 is 0. The van der Waals surface area contributed by atoms with Crippen LogP contribution in [-0.4, -0.2) is 17.2 Å². The lowest BCUT2D eigenvalue weighted by atomic mass is 9.85. The van der Waals surface area contributed by atoms with Crippen molar-refractivity contribution in [3.05, 3.63) is 0 Å². The highest BCUT2D eigenvalue weighted by Gasteiger charge is 2.38. The molecule has 2 fully saturated rings. The summed E-state index contributed by atoms with van der Waals surface area (Å²) in [5, 5.41) is 3.82. The molecule has 0 aromatic carbocycles. The predicted octanol–water partition coefficient (Wildman–Crippen LogP) is 3.65.